The van der Waals surface area contributed by atoms with Crippen LogP contribution in [0.15, 0.2) is 328 Å². The lowest BCUT2D eigenvalue weighted by molar-refractivity contribution is 1.07. The highest BCUT2D eigenvalue weighted by Gasteiger charge is 2.25. The minimum atomic E-state index is 0.489. The molecule has 18 aromatic rings. The molecule has 466 valence electrons. The van der Waals surface area contributed by atoms with E-state index in [0.29, 0.717) is 58.1 Å². The van der Waals surface area contributed by atoms with Gasteiger partial charge in [-0.1, -0.05) is 243 Å². The van der Waals surface area contributed by atoms with Crippen molar-refractivity contribution in [2.24, 2.45) is 0 Å². The summed E-state index contributed by atoms with van der Waals surface area (Å²) in [4.78, 5) is 50.7. The highest BCUT2D eigenvalue weighted by molar-refractivity contribution is 6.12. The maximum absolute atomic E-state index is 8.14. The van der Waals surface area contributed by atoms with Crippen LogP contribution in [-0.2, 0) is 0 Å². The summed E-state index contributed by atoms with van der Waals surface area (Å²) in [5, 5.41) is 4.13. The minimum absolute atomic E-state index is 0.489. The molecule has 18 rings (SSSR count). The van der Waals surface area contributed by atoms with Gasteiger partial charge in [-0.2, -0.15) is 0 Å². The van der Waals surface area contributed by atoms with Gasteiger partial charge >= 0.3 is 0 Å². The monoisotopic (exact) mass is 1280 g/mol. The summed E-state index contributed by atoms with van der Waals surface area (Å²) in [5.41, 5.74) is 17.6. The lowest BCUT2D eigenvalue weighted by Crippen LogP contribution is -2.04. The standard InChI is InChI=1S/C88H54N12/c1-89-66-38-24-37-62(51-66)63-43-48-79(100-76-42-23-21-40-69(76)73-54-65(45-50-78(73)100)87-95-82(58-29-12-4-13-30-58)91-83(96-87)59-31-14-5-15-32-59)74(52-63)71-55-67(46-47-70(71)88-97-84(60-33-16-6-17-34-60)92-85(98-88)61-35-18-7-19-36-61)99-75-41-22-20-39-68(75)72-53-64(44-49-77(72)99)86-93-80(56-25-8-2-9-26-56)90-81(94-86)57-27-10-3-11-28-57/h2-55H. The van der Waals surface area contributed by atoms with Crippen molar-refractivity contribution in [1.82, 2.24) is 54.0 Å². The molecule has 0 aliphatic rings. The van der Waals surface area contributed by atoms with Crippen molar-refractivity contribution in [3.8, 4) is 136 Å². The van der Waals surface area contributed by atoms with E-state index in [1.165, 1.54) is 0 Å². The molecular formula is C88H54N12. The van der Waals surface area contributed by atoms with Gasteiger partial charge < -0.3 is 9.13 Å². The van der Waals surface area contributed by atoms with Crippen LogP contribution in [0.4, 0.5) is 5.69 Å². The van der Waals surface area contributed by atoms with Crippen LogP contribution >= 0.6 is 0 Å². The molecule has 12 nitrogen and oxygen atoms in total. The molecule has 0 aliphatic heterocycles. The molecule has 0 atom stereocenters. The first-order valence-electron chi connectivity index (χ1n) is 33.0. The predicted molar refractivity (Wildman–Crippen MR) is 401 cm³/mol. The molecule has 0 unspecified atom stereocenters. The van der Waals surface area contributed by atoms with E-state index in [-0.39, 0.29) is 0 Å². The third-order valence-corrected chi connectivity index (χ3v) is 18.3. The Morgan fingerprint density at radius 2 is 0.550 bits per heavy atom. The molecule has 0 saturated heterocycles. The van der Waals surface area contributed by atoms with Gasteiger partial charge in [0.2, 0.25) is 0 Å². The first-order valence-corrected chi connectivity index (χ1v) is 33.0. The van der Waals surface area contributed by atoms with Crippen molar-refractivity contribution in [2.45, 2.75) is 0 Å². The molecule has 0 fully saturated rings. The van der Waals surface area contributed by atoms with Crippen LogP contribution in [0.5, 0.6) is 0 Å². The first kappa shape index (κ1) is 58.5. The average Bonchev–Trinajstić information content (AvgIpc) is 1.55. The lowest BCUT2D eigenvalue weighted by Gasteiger charge is -2.20. The maximum Gasteiger partial charge on any atom is 0.187 e. The third-order valence-electron chi connectivity index (χ3n) is 18.3. The molecule has 100 heavy (non-hydrogen) atoms. The molecule has 0 radical (unpaired) electrons. The van der Waals surface area contributed by atoms with Gasteiger partial charge in [0, 0.05) is 82.9 Å². The molecule has 0 saturated carbocycles. The van der Waals surface area contributed by atoms with E-state index in [2.05, 4.69) is 141 Å². The largest absolute Gasteiger partial charge is 0.309 e. The Balaban J connectivity index is 0.888. The number of hydrogen-bond acceptors (Lipinski definition) is 9. The van der Waals surface area contributed by atoms with Crippen molar-refractivity contribution in [3.05, 3.63) is 339 Å². The highest BCUT2D eigenvalue weighted by atomic mass is 15.1. The van der Waals surface area contributed by atoms with Crippen molar-refractivity contribution >= 4 is 49.3 Å². The Labute approximate surface area is 575 Å². The fourth-order valence-corrected chi connectivity index (χ4v) is 13.5. The van der Waals surface area contributed by atoms with Crippen LogP contribution in [0.2, 0.25) is 0 Å². The van der Waals surface area contributed by atoms with Gasteiger partial charge in [0.1, 0.15) is 0 Å². The van der Waals surface area contributed by atoms with E-state index < -0.39 is 0 Å². The summed E-state index contributed by atoms with van der Waals surface area (Å²) in [6, 6.07) is 112. The van der Waals surface area contributed by atoms with Gasteiger partial charge in [-0.25, -0.2) is 49.7 Å². The van der Waals surface area contributed by atoms with Crippen LogP contribution in [0.3, 0.4) is 0 Å². The van der Waals surface area contributed by atoms with Crippen molar-refractivity contribution in [1.29, 1.82) is 0 Å². The van der Waals surface area contributed by atoms with Gasteiger partial charge in [0.15, 0.2) is 58.1 Å². The molecule has 0 spiro atoms. The second-order valence-corrected chi connectivity index (χ2v) is 24.4. The summed E-state index contributed by atoms with van der Waals surface area (Å²) < 4.78 is 4.71. The van der Waals surface area contributed by atoms with Crippen molar-refractivity contribution < 1.29 is 0 Å². The number of benzene rings is 13. The number of nitrogens with zero attached hydrogens (tertiary/aromatic N) is 12. The van der Waals surface area contributed by atoms with E-state index in [0.717, 1.165) is 127 Å². The lowest BCUT2D eigenvalue weighted by atomic mass is 9.92. The summed E-state index contributed by atoms with van der Waals surface area (Å²) >= 11 is 0. The number of para-hydroxylation sites is 2. The van der Waals surface area contributed by atoms with Crippen LogP contribution in [0, 0.1) is 6.57 Å². The average molecular weight is 1280 g/mol. The number of hydrogen-bond donors (Lipinski definition) is 0. The van der Waals surface area contributed by atoms with Crippen molar-refractivity contribution in [2.75, 3.05) is 0 Å². The Bertz CT molecular complexity index is 6040. The number of aromatic nitrogens is 11. The van der Waals surface area contributed by atoms with Crippen LogP contribution in [0.1, 0.15) is 0 Å². The fraction of sp³-hybridized carbons (Fsp3) is 0. The zero-order valence-electron chi connectivity index (χ0n) is 53.5. The smallest absolute Gasteiger partial charge is 0.187 e. The molecule has 13 aromatic carbocycles. The topological polar surface area (TPSA) is 130 Å². The Morgan fingerprint density at radius 1 is 0.210 bits per heavy atom. The molecule has 0 bridgehead atoms. The van der Waals surface area contributed by atoms with E-state index in [1.807, 2.05) is 200 Å². The third kappa shape index (κ3) is 10.7. The highest BCUT2D eigenvalue weighted by Crippen LogP contribution is 2.45. The molecule has 0 aliphatic carbocycles. The Hall–Kier alpha value is -14.0. The molecular weight excluding hydrogens is 1230 g/mol. The second-order valence-electron chi connectivity index (χ2n) is 24.4. The van der Waals surface area contributed by atoms with E-state index >= 15 is 0 Å². The second kappa shape index (κ2) is 25.0. The summed E-state index contributed by atoms with van der Waals surface area (Å²) in [7, 11) is 0. The van der Waals surface area contributed by atoms with Crippen LogP contribution in [0.25, 0.3) is 185 Å². The maximum atomic E-state index is 8.14. The van der Waals surface area contributed by atoms with Gasteiger partial charge in [0.05, 0.1) is 34.3 Å². The van der Waals surface area contributed by atoms with Crippen molar-refractivity contribution in [3.63, 3.8) is 0 Å². The molecule has 0 N–H and O–H groups in total. The molecule has 5 heterocycles. The van der Waals surface area contributed by atoms with E-state index in [4.69, 9.17) is 51.4 Å². The Morgan fingerprint density at radius 3 is 0.980 bits per heavy atom. The molecule has 5 aromatic heterocycles. The van der Waals surface area contributed by atoms with E-state index in [1.54, 1.807) is 0 Å². The van der Waals surface area contributed by atoms with Crippen LogP contribution < -0.4 is 0 Å². The minimum Gasteiger partial charge on any atom is -0.309 e. The van der Waals surface area contributed by atoms with E-state index in [9.17, 15) is 0 Å². The zero-order chi connectivity index (χ0) is 66.5. The number of rotatable bonds is 13. The SMILES string of the molecule is [C-]#[N+]c1cccc(-c2ccc(-n3c4ccccc4c4cc(-c5nc(-c6ccccc6)nc(-c6ccccc6)n5)ccc43)c(-c3cc(-n4c5ccccc5c5cc(-c6nc(-c7ccccc7)nc(-c7ccccc7)n6)ccc54)ccc3-c3nc(-c4ccccc4)nc(-c4ccccc4)n3)c2)c1. The summed E-state index contributed by atoms with van der Waals surface area (Å²) in [6.45, 7) is 8.14. The van der Waals surface area contributed by atoms with Gasteiger partial charge in [-0.3, -0.25) is 0 Å². The first-order chi connectivity index (χ1) is 49.5. The Kier molecular flexibility index (Phi) is 14.6. The van der Waals surface area contributed by atoms with Gasteiger partial charge in [0.25, 0.3) is 0 Å². The normalized spacial score (nSPS) is 11.4. The summed E-state index contributed by atoms with van der Waals surface area (Å²) in [5.74, 6) is 5.04. The quantitative estimate of drug-likeness (QED) is 0.104. The predicted octanol–water partition coefficient (Wildman–Crippen LogP) is 21.3. The zero-order valence-corrected chi connectivity index (χ0v) is 53.5. The van der Waals surface area contributed by atoms with Gasteiger partial charge in [-0.05, 0) is 102 Å². The molecule has 12 heteroatoms. The van der Waals surface area contributed by atoms with Gasteiger partial charge in [-0.15, -0.1) is 0 Å². The summed E-state index contributed by atoms with van der Waals surface area (Å²) in [6.07, 6.45) is 0. The number of fused-ring (bicyclic) bond motifs is 6. The molecule has 0 amide bonds. The fourth-order valence-electron chi connectivity index (χ4n) is 13.5. The van der Waals surface area contributed by atoms with Crippen LogP contribution in [-0.4, -0.2) is 54.0 Å².